The van der Waals surface area contributed by atoms with Crippen LogP contribution < -0.4 is 10.9 Å². The third kappa shape index (κ3) is 5.68. The number of carbonyl (C=O) groups excluding carboxylic acids is 1. The summed E-state index contributed by atoms with van der Waals surface area (Å²) >= 11 is 0. The van der Waals surface area contributed by atoms with E-state index in [4.69, 9.17) is 4.74 Å². The third-order valence-electron chi connectivity index (χ3n) is 4.77. The van der Waals surface area contributed by atoms with Crippen LogP contribution in [0.5, 0.6) is 0 Å². The number of ether oxygens (including phenoxy) is 2. The molecule has 0 saturated heterocycles. The minimum Gasteiger partial charge on any atom is -0.465 e. The van der Waals surface area contributed by atoms with Crippen LogP contribution >= 0.6 is 0 Å². The maximum Gasteiger partial charge on any atom is 0.343 e. The predicted molar refractivity (Wildman–Crippen MR) is 97.1 cm³/mol. The molecule has 1 heterocycles. The number of hydrogen-bond acceptors (Lipinski definition) is 5. The van der Waals surface area contributed by atoms with Crippen LogP contribution in [0.3, 0.4) is 0 Å². The van der Waals surface area contributed by atoms with Gasteiger partial charge in [-0.3, -0.25) is 4.79 Å². The molecule has 0 aliphatic heterocycles. The lowest BCUT2D eigenvalue weighted by molar-refractivity contribution is 0.0173. The summed E-state index contributed by atoms with van der Waals surface area (Å²) in [7, 11) is 1.29. The average Bonchev–Trinajstić information content (AvgIpc) is 2.65. The van der Waals surface area contributed by atoms with E-state index in [1.807, 2.05) is 0 Å². The quantitative estimate of drug-likeness (QED) is 0.547. The molecule has 1 aliphatic carbocycles. The highest BCUT2D eigenvalue weighted by Gasteiger charge is 2.24. The lowest BCUT2D eigenvalue weighted by Crippen LogP contribution is -2.32. The maximum atomic E-state index is 12.5. The number of pyridine rings is 1. The summed E-state index contributed by atoms with van der Waals surface area (Å²) in [6, 6.07) is 3.39. The van der Waals surface area contributed by atoms with Crippen molar-refractivity contribution in [2.24, 2.45) is 0 Å². The molecule has 6 heteroatoms. The monoisotopic (exact) mass is 350 g/mol. The molecule has 0 unspecified atom stereocenters. The average molecular weight is 350 g/mol. The van der Waals surface area contributed by atoms with E-state index in [1.54, 1.807) is 16.8 Å². The van der Waals surface area contributed by atoms with Crippen molar-refractivity contribution in [3.8, 4) is 0 Å². The summed E-state index contributed by atoms with van der Waals surface area (Å²) in [5, 5.41) is 3.31. The van der Waals surface area contributed by atoms with Gasteiger partial charge in [0.15, 0.2) is 0 Å². The summed E-state index contributed by atoms with van der Waals surface area (Å²) in [6.45, 7) is 4.98. The van der Waals surface area contributed by atoms with Gasteiger partial charge in [-0.2, -0.15) is 0 Å². The van der Waals surface area contributed by atoms with Gasteiger partial charge in [0, 0.05) is 18.8 Å². The predicted octanol–water partition coefficient (Wildman–Crippen LogP) is 2.52. The number of unbranched alkanes of at least 4 members (excludes halogenated alkanes) is 1. The van der Waals surface area contributed by atoms with E-state index in [9.17, 15) is 9.59 Å². The number of esters is 1. The number of methoxy groups -OCH3 is 1. The highest BCUT2D eigenvalue weighted by atomic mass is 16.5. The molecular weight excluding hydrogens is 320 g/mol. The largest absolute Gasteiger partial charge is 0.465 e. The van der Waals surface area contributed by atoms with Crippen molar-refractivity contribution in [2.75, 3.05) is 26.8 Å². The van der Waals surface area contributed by atoms with Crippen molar-refractivity contribution < 1.29 is 14.3 Å². The molecule has 1 aromatic rings. The fourth-order valence-corrected chi connectivity index (χ4v) is 3.33. The normalized spacial score (nSPS) is 20.4. The molecule has 1 aliphatic rings. The second-order valence-electron chi connectivity index (χ2n) is 6.49. The zero-order valence-corrected chi connectivity index (χ0v) is 15.3. The first kappa shape index (κ1) is 19.7. The minimum atomic E-state index is -0.575. The Balaban J connectivity index is 1.80. The number of nitrogens with one attached hydrogen (secondary N) is 1. The van der Waals surface area contributed by atoms with Gasteiger partial charge in [-0.05, 0) is 63.7 Å². The van der Waals surface area contributed by atoms with Crippen LogP contribution in [0.2, 0.25) is 0 Å². The van der Waals surface area contributed by atoms with E-state index in [1.165, 1.54) is 13.2 Å². The SMILES string of the molecule is CCNCCCCO[C@H]1CC[C@H](n2cccc(C(=O)OC)c2=O)CC1. The van der Waals surface area contributed by atoms with Crippen LogP contribution in [-0.4, -0.2) is 43.4 Å². The van der Waals surface area contributed by atoms with Crippen LogP contribution in [0, 0.1) is 0 Å². The zero-order chi connectivity index (χ0) is 18.1. The molecule has 0 aromatic carbocycles. The molecule has 1 N–H and O–H groups in total. The Kier molecular flexibility index (Phi) is 8.15. The highest BCUT2D eigenvalue weighted by Crippen LogP contribution is 2.29. The first-order valence-electron chi connectivity index (χ1n) is 9.29. The summed E-state index contributed by atoms with van der Waals surface area (Å²) in [6.07, 6.45) is 7.96. The summed E-state index contributed by atoms with van der Waals surface area (Å²) in [4.78, 5) is 24.1. The molecule has 0 bridgehead atoms. The lowest BCUT2D eigenvalue weighted by Gasteiger charge is -2.30. The summed E-state index contributed by atoms with van der Waals surface area (Å²) in [5.41, 5.74) is -0.161. The number of aromatic nitrogens is 1. The van der Waals surface area contributed by atoms with Gasteiger partial charge >= 0.3 is 5.97 Å². The van der Waals surface area contributed by atoms with Crippen molar-refractivity contribution in [3.05, 3.63) is 34.2 Å². The molecule has 0 atom stereocenters. The molecule has 2 rings (SSSR count). The molecular formula is C19H30N2O4. The third-order valence-corrected chi connectivity index (χ3v) is 4.77. The van der Waals surface area contributed by atoms with Gasteiger partial charge in [0.25, 0.3) is 5.56 Å². The Hall–Kier alpha value is -1.66. The van der Waals surface area contributed by atoms with Gasteiger partial charge < -0.3 is 19.4 Å². The van der Waals surface area contributed by atoms with Crippen LogP contribution in [0.25, 0.3) is 0 Å². The summed E-state index contributed by atoms with van der Waals surface area (Å²) < 4.78 is 12.3. The van der Waals surface area contributed by atoms with E-state index in [0.29, 0.717) is 0 Å². The van der Waals surface area contributed by atoms with Crippen molar-refractivity contribution in [2.45, 2.75) is 57.6 Å². The Morgan fingerprint density at radius 1 is 1.28 bits per heavy atom. The standard InChI is InChI=1S/C19H30N2O4/c1-3-20-12-4-5-14-25-16-10-8-15(9-11-16)21-13-6-7-17(18(21)22)19(23)24-2/h6-7,13,15-16,20H,3-5,8-12,14H2,1-2H3/t15-,16-. The van der Waals surface area contributed by atoms with E-state index in [2.05, 4.69) is 17.0 Å². The molecule has 25 heavy (non-hydrogen) atoms. The molecule has 1 fully saturated rings. The van der Waals surface area contributed by atoms with Crippen LogP contribution in [-0.2, 0) is 9.47 Å². The fourth-order valence-electron chi connectivity index (χ4n) is 3.33. The van der Waals surface area contributed by atoms with Gasteiger partial charge in [-0.1, -0.05) is 6.92 Å². The van der Waals surface area contributed by atoms with E-state index in [-0.39, 0.29) is 23.3 Å². The Morgan fingerprint density at radius 2 is 2.04 bits per heavy atom. The van der Waals surface area contributed by atoms with Crippen molar-refractivity contribution in [1.29, 1.82) is 0 Å². The van der Waals surface area contributed by atoms with Gasteiger partial charge in [0.2, 0.25) is 0 Å². The van der Waals surface area contributed by atoms with Crippen LogP contribution in [0.4, 0.5) is 0 Å². The van der Waals surface area contributed by atoms with E-state index < -0.39 is 5.97 Å². The maximum absolute atomic E-state index is 12.5. The molecule has 0 amide bonds. The molecule has 0 spiro atoms. The minimum absolute atomic E-state index is 0.101. The Bertz CT molecular complexity index is 591. The molecule has 140 valence electrons. The van der Waals surface area contributed by atoms with E-state index >= 15 is 0 Å². The zero-order valence-electron chi connectivity index (χ0n) is 15.3. The molecule has 6 nitrogen and oxygen atoms in total. The summed E-state index contributed by atoms with van der Waals surface area (Å²) in [5.74, 6) is -0.575. The van der Waals surface area contributed by atoms with Gasteiger partial charge in [-0.25, -0.2) is 4.79 Å². The van der Waals surface area contributed by atoms with E-state index in [0.717, 1.165) is 58.2 Å². The first-order valence-corrected chi connectivity index (χ1v) is 9.29. The number of carbonyl (C=O) groups is 1. The number of rotatable bonds is 9. The first-order chi connectivity index (χ1) is 12.2. The number of hydrogen-bond donors (Lipinski definition) is 1. The van der Waals surface area contributed by atoms with Crippen molar-refractivity contribution in [1.82, 2.24) is 9.88 Å². The van der Waals surface area contributed by atoms with Crippen molar-refractivity contribution in [3.63, 3.8) is 0 Å². The smallest absolute Gasteiger partial charge is 0.343 e. The topological polar surface area (TPSA) is 69.6 Å². The second-order valence-corrected chi connectivity index (χ2v) is 6.49. The fraction of sp³-hybridized carbons (Fsp3) is 0.684. The molecule has 1 aromatic heterocycles. The Morgan fingerprint density at radius 3 is 2.72 bits per heavy atom. The van der Waals surface area contributed by atoms with Gasteiger partial charge in [0.1, 0.15) is 5.56 Å². The van der Waals surface area contributed by atoms with Gasteiger partial charge in [0.05, 0.1) is 13.2 Å². The molecule has 1 saturated carbocycles. The second kappa shape index (κ2) is 10.4. The van der Waals surface area contributed by atoms with Crippen LogP contribution in [0.1, 0.15) is 61.8 Å². The number of nitrogens with zero attached hydrogens (tertiary/aromatic N) is 1. The molecule has 0 radical (unpaired) electrons. The van der Waals surface area contributed by atoms with Crippen LogP contribution in [0.15, 0.2) is 23.1 Å². The lowest BCUT2D eigenvalue weighted by atomic mass is 9.92. The van der Waals surface area contributed by atoms with Gasteiger partial charge in [-0.15, -0.1) is 0 Å². The highest BCUT2D eigenvalue weighted by molar-refractivity contribution is 5.88. The Labute approximate surface area is 149 Å². The van der Waals surface area contributed by atoms with Crippen molar-refractivity contribution >= 4 is 5.97 Å².